The van der Waals surface area contributed by atoms with Crippen molar-refractivity contribution in [2.45, 2.75) is 46.1 Å². The number of ether oxygens (including phenoxy) is 1. The number of non-ortho nitro benzene ring substituents is 1. The number of rotatable bonds is 4. The van der Waals surface area contributed by atoms with Crippen LogP contribution in [0.1, 0.15) is 50.4 Å². The first-order chi connectivity index (χ1) is 10.4. The Bertz CT molecular complexity index is 538. The van der Waals surface area contributed by atoms with Crippen LogP contribution in [-0.4, -0.2) is 17.0 Å². The third-order valence-corrected chi connectivity index (χ3v) is 4.52. The number of nitro benzene ring substituents is 1. The van der Waals surface area contributed by atoms with E-state index in [1.54, 1.807) is 0 Å². The number of carbonyl (C=O) groups excluding carboxylic acids is 1. The lowest BCUT2D eigenvalue weighted by Crippen LogP contribution is -2.35. The van der Waals surface area contributed by atoms with Gasteiger partial charge < -0.3 is 4.74 Å². The Kier molecular flexibility index (Phi) is 5.16. The minimum Gasteiger partial charge on any atom is -0.458 e. The predicted octanol–water partition coefficient (Wildman–Crippen LogP) is 4.21. The van der Waals surface area contributed by atoms with E-state index in [-0.39, 0.29) is 17.8 Å². The fourth-order valence-electron chi connectivity index (χ4n) is 3.17. The normalized spacial score (nSPS) is 25.0. The Morgan fingerprint density at radius 1 is 1.27 bits per heavy atom. The summed E-state index contributed by atoms with van der Waals surface area (Å²) in [7, 11) is 0. The van der Waals surface area contributed by atoms with E-state index in [0.29, 0.717) is 23.3 Å². The lowest BCUT2D eigenvalue weighted by Gasteiger charge is -2.36. The standard InChI is InChI=1S/C17H23NO4/c1-11(2)15-10-12(3)4-9-16(15)22-17(19)13-5-7-14(8-6-13)18(20)21/h5-8,11-12,15-16H,4,9-10H2,1-3H3/t12-,15-,16-/m0/s1. The molecule has 22 heavy (non-hydrogen) atoms. The van der Waals surface area contributed by atoms with Gasteiger partial charge in [-0.15, -0.1) is 0 Å². The zero-order chi connectivity index (χ0) is 16.3. The van der Waals surface area contributed by atoms with Crippen LogP contribution in [0.5, 0.6) is 0 Å². The van der Waals surface area contributed by atoms with Crippen molar-refractivity contribution in [3.05, 3.63) is 39.9 Å². The number of benzene rings is 1. The van der Waals surface area contributed by atoms with Gasteiger partial charge in [-0.3, -0.25) is 10.1 Å². The van der Waals surface area contributed by atoms with Crippen molar-refractivity contribution in [2.75, 3.05) is 0 Å². The van der Waals surface area contributed by atoms with Crippen molar-refractivity contribution in [1.82, 2.24) is 0 Å². The molecular formula is C17H23NO4. The van der Waals surface area contributed by atoms with Crippen LogP contribution < -0.4 is 0 Å². The molecule has 3 atom stereocenters. The van der Waals surface area contributed by atoms with E-state index in [1.807, 2.05) is 0 Å². The van der Waals surface area contributed by atoms with Crippen LogP contribution in [0.3, 0.4) is 0 Å². The van der Waals surface area contributed by atoms with E-state index in [9.17, 15) is 14.9 Å². The molecule has 0 unspecified atom stereocenters. The first kappa shape index (κ1) is 16.5. The number of esters is 1. The van der Waals surface area contributed by atoms with Crippen LogP contribution in [0.25, 0.3) is 0 Å². The number of nitrogens with zero attached hydrogens (tertiary/aromatic N) is 1. The molecule has 1 aliphatic carbocycles. The third kappa shape index (κ3) is 3.84. The van der Waals surface area contributed by atoms with Gasteiger partial charge in [0, 0.05) is 12.1 Å². The van der Waals surface area contributed by atoms with Gasteiger partial charge >= 0.3 is 5.97 Å². The quantitative estimate of drug-likeness (QED) is 0.474. The second-order valence-corrected chi connectivity index (χ2v) is 6.57. The smallest absolute Gasteiger partial charge is 0.338 e. The highest BCUT2D eigenvalue weighted by Crippen LogP contribution is 2.35. The van der Waals surface area contributed by atoms with Gasteiger partial charge in [0.25, 0.3) is 5.69 Å². The van der Waals surface area contributed by atoms with Crippen LogP contribution >= 0.6 is 0 Å². The molecule has 0 radical (unpaired) electrons. The van der Waals surface area contributed by atoms with E-state index in [1.165, 1.54) is 24.3 Å². The average molecular weight is 305 g/mol. The maximum absolute atomic E-state index is 12.3. The predicted molar refractivity (Wildman–Crippen MR) is 83.6 cm³/mol. The van der Waals surface area contributed by atoms with Gasteiger partial charge in [-0.2, -0.15) is 0 Å². The fraction of sp³-hybridized carbons (Fsp3) is 0.588. The Morgan fingerprint density at radius 2 is 1.91 bits per heavy atom. The Labute approximate surface area is 130 Å². The van der Waals surface area contributed by atoms with Crippen molar-refractivity contribution in [2.24, 2.45) is 17.8 Å². The van der Waals surface area contributed by atoms with Crippen molar-refractivity contribution < 1.29 is 14.5 Å². The van der Waals surface area contributed by atoms with Crippen LogP contribution in [0.2, 0.25) is 0 Å². The molecule has 0 N–H and O–H groups in total. The van der Waals surface area contributed by atoms with E-state index in [2.05, 4.69) is 20.8 Å². The largest absolute Gasteiger partial charge is 0.458 e. The molecule has 2 rings (SSSR count). The summed E-state index contributed by atoms with van der Waals surface area (Å²) in [5.74, 6) is 1.13. The molecule has 1 fully saturated rings. The molecule has 5 heteroatoms. The van der Waals surface area contributed by atoms with Gasteiger partial charge in [0.15, 0.2) is 0 Å². The summed E-state index contributed by atoms with van der Waals surface area (Å²) in [4.78, 5) is 22.4. The summed E-state index contributed by atoms with van der Waals surface area (Å²) in [6.07, 6.45) is 2.99. The third-order valence-electron chi connectivity index (χ3n) is 4.52. The summed E-state index contributed by atoms with van der Waals surface area (Å²) in [6.45, 7) is 6.56. The second kappa shape index (κ2) is 6.90. The highest BCUT2D eigenvalue weighted by atomic mass is 16.6. The Morgan fingerprint density at radius 3 is 2.45 bits per heavy atom. The molecule has 0 spiro atoms. The van der Waals surface area contributed by atoms with Gasteiger partial charge in [0.2, 0.25) is 0 Å². The lowest BCUT2D eigenvalue weighted by atomic mass is 9.75. The van der Waals surface area contributed by atoms with Gasteiger partial charge in [0.1, 0.15) is 6.10 Å². The SMILES string of the molecule is CC(C)[C@@H]1C[C@@H](C)CC[C@@H]1OC(=O)c1ccc([N+](=O)[O-])cc1. The highest BCUT2D eigenvalue weighted by Gasteiger charge is 2.33. The van der Waals surface area contributed by atoms with Crippen LogP contribution in [0.15, 0.2) is 24.3 Å². The summed E-state index contributed by atoms with van der Waals surface area (Å²) in [5.41, 5.74) is 0.342. The van der Waals surface area contributed by atoms with Crippen molar-refractivity contribution in [1.29, 1.82) is 0 Å². The molecule has 1 aliphatic rings. The van der Waals surface area contributed by atoms with E-state index >= 15 is 0 Å². The van der Waals surface area contributed by atoms with Crippen molar-refractivity contribution >= 4 is 11.7 Å². The van der Waals surface area contributed by atoms with Crippen molar-refractivity contribution in [3.8, 4) is 0 Å². The molecule has 0 aliphatic heterocycles. The first-order valence-electron chi connectivity index (χ1n) is 7.84. The zero-order valence-corrected chi connectivity index (χ0v) is 13.3. The molecular weight excluding hydrogens is 282 g/mol. The zero-order valence-electron chi connectivity index (χ0n) is 13.3. The van der Waals surface area contributed by atoms with E-state index < -0.39 is 4.92 Å². The van der Waals surface area contributed by atoms with Gasteiger partial charge in [-0.05, 0) is 49.1 Å². The Balaban J connectivity index is 2.05. The van der Waals surface area contributed by atoms with E-state index in [0.717, 1.165) is 19.3 Å². The number of carbonyl (C=O) groups is 1. The molecule has 0 amide bonds. The average Bonchev–Trinajstić information content (AvgIpc) is 2.48. The number of hydrogen-bond acceptors (Lipinski definition) is 4. The topological polar surface area (TPSA) is 69.4 Å². The maximum atomic E-state index is 12.3. The minimum atomic E-state index is -0.480. The van der Waals surface area contributed by atoms with Crippen LogP contribution in [-0.2, 0) is 4.74 Å². The van der Waals surface area contributed by atoms with Gasteiger partial charge in [0.05, 0.1) is 10.5 Å². The molecule has 0 saturated heterocycles. The van der Waals surface area contributed by atoms with Crippen LogP contribution in [0, 0.1) is 27.9 Å². The minimum absolute atomic E-state index is 0.0249. The monoisotopic (exact) mass is 305 g/mol. The molecule has 0 aromatic heterocycles. The highest BCUT2D eigenvalue weighted by molar-refractivity contribution is 5.89. The molecule has 5 nitrogen and oxygen atoms in total. The summed E-state index contributed by atoms with van der Waals surface area (Å²) >= 11 is 0. The molecule has 1 aromatic carbocycles. The molecule has 0 heterocycles. The summed E-state index contributed by atoms with van der Waals surface area (Å²) in [6, 6.07) is 5.57. The maximum Gasteiger partial charge on any atom is 0.338 e. The van der Waals surface area contributed by atoms with Crippen molar-refractivity contribution in [3.63, 3.8) is 0 Å². The van der Waals surface area contributed by atoms with Gasteiger partial charge in [-0.1, -0.05) is 20.8 Å². The summed E-state index contributed by atoms with van der Waals surface area (Å²) in [5, 5.41) is 10.6. The number of hydrogen-bond donors (Lipinski definition) is 0. The fourth-order valence-corrected chi connectivity index (χ4v) is 3.17. The number of nitro groups is 1. The first-order valence-corrected chi connectivity index (χ1v) is 7.84. The molecule has 120 valence electrons. The second-order valence-electron chi connectivity index (χ2n) is 6.57. The van der Waals surface area contributed by atoms with Crippen LogP contribution in [0.4, 0.5) is 5.69 Å². The van der Waals surface area contributed by atoms with Gasteiger partial charge in [-0.25, -0.2) is 4.79 Å². The molecule has 0 bridgehead atoms. The van der Waals surface area contributed by atoms with E-state index in [4.69, 9.17) is 4.74 Å². The molecule has 1 aromatic rings. The molecule has 1 saturated carbocycles. The summed E-state index contributed by atoms with van der Waals surface area (Å²) < 4.78 is 5.69. The lowest BCUT2D eigenvalue weighted by molar-refractivity contribution is -0.384. The Hall–Kier alpha value is -1.91.